The number of rotatable bonds is 14. The summed E-state index contributed by atoms with van der Waals surface area (Å²) in [7, 11) is -4.74. The van der Waals surface area contributed by atoms with Crippen LogP contribution in [-0.2, 0) is 19.3 Å². The van der Waals surface area contributed by atoms with E-state index >= 15 is 0 Å². The van der Waals surface area contributed by atoms with E-state index in [-0.39, 0.29) is 36.2 Å². The molecule has 0 saturated carbocycles. The second-order valence-corrected chi connectivity index (χ2v) is 5.95. The average molecular weight is 334 g/mol. The minimum Gasteiger partial charge on any atom is -0.726 e. The third-order valence-corrected chi connectivity index (χ3v) is 3.28. The summed E-state index contributed by atoms with van der Waals surface area (Å²) in [6.45, 7) is 2.15. The van der Waals surface area contributed by atoms with Crippen LogP contribution in [0, 0.1) is 0 Å². The van der Waals surface area contributed by atoms with E-state index in [9.17, 15) is 18.1 Å². The molecule has 0 amide bonds. The zero-order valence-electron chi connectivity index (χ0n) is 13.3. The predicted molar refractivity (Wildman–Crippen MR) is 75.1 cm³/mol. The van der Waals surface area contributed by atoms with E-state index in [0.717, 1.165) is 12.8 Å². The Morgan fingerprint density at radius 3 is 2.05 bits per heavy atom. The minimum atomic E-state index is -4.74. The molecule has 21 heavy (non-hydrogen) atoms. The summed E-state index contributed by atoms with van der Waals surface area (Å²) >= 11 is 0. The molecule has 122 valence electrons. The molecular formula is C13H27NaO6S. The summed E-state index contributed by atoms with van der Waals surface area (Å²) in [5.74, 6) is 0. The Kier molecular flexibility index (Phi) is 18.0. The molecule has 0 saturated heterocycles. The zero-order chi connectivity index (χ0) is 15.3. The maximum absolute atomic E-state index is 10.1. The van der Waals surface area contributed by atoms with Crippen LogP contribution < -0.4 is 29.6 Å². The standard InChI is InChI=1S/C13H28O6S.Na/c1-2-3-4-5-6-7-8-9-10-18-11-13(14)12-19-20(15,16)17;/h13-14H,2-12H2,1H3,(H,15,16,17);/q;+1/p-1. The molecule has 0 bridgehead atoms. The molecule has 0 radical (unpaired) electrons. The Balaban J connectivity index is 0. The van der Waals surface area contributed by atoms with Gasteiger partial charge in [0.25, 0.3) is 0 Å². The molecule has 1 unspecified atom stereocenters. The van der Waals surface area contributed by atoms with Gasteiger partial charge in [0.2, 0.25) is 10.4 Å². The fourth-order valence-corrected chi connectivity index (χ4v) is 2.09. The number of hydrogen-bond donors (Lipinski definition) is 1. The van der Waals surface area contributed by atoms with E-state index in [0.29, 0.717) is 6.61 Å². The maximum Gasteiger partial charge on any atom is 1.00 e. The first-order valence-electron chi connectivity index (χ1n) is 7.31. The molecular weight excluding hydrogens is 307 g/mol. The summed E-state index contributed by atoms with van der Waals surface area (Å²) in [6, 6.07) is 0. The van der Waals surface area contributed by atoms with Gasteiger partial charge < -0.3 is 14.4 Å². The van der Waals surface area contributed by atoms with Crippen molar-refractivity contribution in [2.45, 2.75) is 64.4 Å². The van der Waals surface area contributed by atoms with E-state index < -0.39 is 23.1 Å². The maximum atomic E-state index is 10.1. The molecule has 0 aliphatic heterocycles. The van der Waals surface area contributed by atoms with E-state index in [2.05, 4.69) is 11.1 Å². The van der Waals surface area contributed by atoms with Crippen LogP contribution in [0.15, 0.2) is 0 Å². The summed E-state index contributed by atoms with van der Waals surface area (Å²) in [4.78, 5) is 0. The fourth-order valence-electron chi connectivity index (χ4n) is 1.77. The molecule has 1 N–H and O–H groups in total. The monoisotopic (exact) mass is 334 g/mol. The molecule has 0 heterocycles. The van der Waals surface area contributed by atoms with Gasteiger partial charge in [0.1, 0.15) is 6.10 Å². The number of aliphatic hydroxyl groups excluding tert-OH is 1. The quantitative estimate of drug-likeness (QED) is 0.189. The second kappa shape index (κ2) is 15.7. The smallest absolute Gasteiger partial charge is 0.726 e. The normalized spacial score (nSPS) is 12.9. The molecule has 0 spiro atoms. The van der Waals surface area contributed by atoms with Crippen LogP contribution in [0.4, 0.5) is 0 Å². The largest absolute Gasteiger partial charge is 1.00 e. The molecule has 0 aromatic rings. The summed E-state index contributed by atoms with van der Waals surface area (Å²) < 4.78 is 39.5. The van der Waals surface area contributed by atoms with Gasteiger partial charge in [-0.25, -0.2) is 8.42 Å². The minimum absolute atomic E-state index is 0. The van der Waals surface area contributed by atoms with Gasteiger partial charge in [-0.15, -0.1) is 0 Å². The Labute approximate surface area is 150 Å². The van der Waals surface area contributed by atoms with Crippen molar-refractivity contribution >= 4 is 10.4 Å². The first kappa shape index (κ1) is 24.0. The van der Waals surface area contributed by atoms with Crippen LogP contribution >= 0.6 is 0 Å². The summed E-state index contributed by atoms with van der Waals surface area (Å²) in [5, 5.41) is 9.28. The van der Waals surface area contributed by atoms with Gasteiger partial charge in [0.15, 0.2) is 0 Å². The third-order valence-electron chi connectivity index (χ3n) is 2.86. The van der Waals surface area contributed by atoms with Gasteiger partial charge in [-0.05, 0) is 6.42 Å². The van der Waals surface area contributed by atoms with Gasteiger partial charge in [-0.2, -0.15) is 0 Å². The molecule has 6 nitrogen and oxygen atoms in total. The molecule has 0 aliphatic carbocycles. The Hall–Kier alpha value is 0.790. The van der Waals surface area contributed by atoms with E-state index in [1.807, 2.05) is 0 Å². The van der Waals surface area contributed by atoms with Crippen molar-refractivity contribution in [3.63, 3.8) is 0 Å². The third kappa shape index (κ3) is 20.8. The Morgan fingerprint density at radius 1 is 1.00 bits per heavy atom. The summed E-state index contributed by atoms with van der Waals surface area (Å²) in [5.41, 5.74) is 0. The van der Waals surface area contributed by atoms with Crippen molar-refractivity contribution in [1.29, 1.82) is 0 Å². The first-order chi connectivity index (χ1) is 9.45. The number of hydrogen-bond acceptors (Lipinski definition) is 6. The van der Waals surface area contributed by atoms with E-state index in [1.165, 1.54) is 38.5 Å². The Morgan fingerprint density at radius 2 is 1.52 bits per heavy atom. The van der Waals surface area contributed by atoms with Crippen LogP contribution in [0.1, 0.15) is 58.3 Å². The Bertz CT molecular complexity index is 310. The van der Waals surface area contributed by atoms with Gasteiger partial charge in [-0.1, -0.05) is 51.9 Å². The zero-order valence-corrected chi connectivity index (χ0v) is 16.1. The molecule has 0 rings (SSSR count). The SMILES string of the molecule is CCCCCCCCCCOCC(O)COS(=O)(=O)[O-].[Na+]. The number of unbranched alkanes of at least 4 members (excludes halogenated alkanes) is 7. The molecule has 0 fully saturated rings. The first-order valence-corrected chi connectivity index (χ1v) is 8.65. The van der Waals surface area contributed by atoms with Gasteiger partial charge in [0.05, 0.1) is 13.2 Å². The van der Waals surface area contributed by atoms with Crippen LogP contribution in [-0.4, -0.2) is 44.0 Å². The van der Waals surface area contributed by atoms with Crippen LogP contribution in [0.25, 0.3) is 0 Å². The second-order valence-electron chi connectivity index (χ2n) is 4.90. The molecule has 0 aliphatic rings. The van der Waals surface area contributed by atoms with Crippen LogP contribution in [0.2, 0.25) is 0 Å². The van der Waals surface area contributed by atoms with E-state index in [4.69, 9.17) is 4.74 Å². The van der Waals surface area contributed by atoms with Crippen molar-refractivity contribution in [3.8, 4) is 0 Å². The molecule has 1 atom stereocenters. The van der Waals surface area contributed by atoms with Crippen molar-refractivity contribution in [2.24, 2.45) is 0 Å². The predicted octanol–water partition coefficient (Wildman–Crippen LogP) is -1.01. The van der Waals surface area contributed by atoms with Crippen LogP contribution in [0.3, 0.4) is 0 Å². The van der Waals surface area contributed by atoms with Gasteiger partial charge in [0, 0.05) is 6.61 Å². The van der Waals surface area contributed by atoms with E-state index in [1.54, 1.807) is 0 Å². The van der Waals surface area contributed by atoms with Crippen molar-refractivity contribution in [3.05, 3.63) is 0 Å². The molecule has 0 aromatic carbocycles. The average Bonchev–Trinajstić information content (AvgIpc) is 2.38. The van der Waals surface area contributed by atoms with Crippen LogP contribution in [0.5, 0.6) is 0 Å². The van der Waals surface area contributed by atoms with Crippen molar-refractivity contribution in [2.75, 3.05) is 19.8 Å². The molecule has 8 heteroatoms. The summed E-state index contributed by atoms with van der Waals surface area (Å²) in [6.07, 6.45) is 8.51. The van der Waals surface area contributed by atoms with Crippen molar-refractivity contribution < 1.29 is 56.6 Å². The number of ether oxygens (including phenoxy) is 1. The fraction of sp³-hybridized carbons (Fsp3) is 1.00. The number of aliphatic hydroxyl groups is 1. The van der Waals surface area contributed by atoms with Crippen molar-refractivity contribution in [1.82, 2.24) is 0 Å². The topological polar surface area (TPSA) is 95.9 Å². The molecule has 0 aromatic heterocycles. The van der Waals surface area contributed by atoms with Gasteiger partial charge in [-0.3, -0.25) is 4.18 Å². The van der Waals surface area contributed by atoms with Gasteiger partial charge >= 0.3 is 29.6 Å².